The average Bonchev–Trinajstić information content (AvgIpc) is 3.40. The number of hydrogen-bond donors (Lipinski definition) is 1. The molecule has 0 aliphatic carbocycles. The molecule has 0 spiro atoms. The van der Waals surface area contributed by atoms with Crippen molar-refractivity contribution >= 4 is 50.6 Å². The minimum atomic E-state index is -0.464. The van der Waals surface area contributed by atoms with Gasteiger partial charge in [-0.2, -0.15) is 0 Å². The first-order valence-electron chi connectivity index (χ1n) is 11.8. The molecule has 2 saturated heterocycles. The number of morpholine rings is 1. The number of carbonyl (C=O) groups excluding carboxylic acids is 1. The zero-order chi connectivity index (χ0) is 23.9. The lowest BCUT2D eigenvalue weighted by molar-refractivity contribution is -0.126. The largest absolute Gasteiger partial charge is 0.372 e. The van der Waals surface area contributed by atoms with Crippen LogP contribution in [0.4, 0.5) is 15.9 Å². The van der Waals surface area contributed by atoms with Gasteiger partial charge in [-0.15, -0.1) is 11.3 Å². The smallest absolute Gasteiger partial charge is 0.246 e. The highest BCUT2D eigenvalue weighted by molar-refractivity contribution is 7.19. The maximum absolute atomic E-state index is 13.5. The molecule has 1 aromatic carbocycles. The van der Waals surface area contributed by atoms with Crippen LogP contribution >= 0.6 is 22.9 Å². The summed E-state index contributed by atoms with van der Waals surface area (Å²) >= 11 is 7.52. The quantitative estimate of drug-likeness (QED) is 0.505. The summed E-state index contributed by atoms with van der Waals surface area (Å²) in [5.74, 6) is 0.234. The highest BCUT2D eigenvalue weighted by Crippen LogP contribution is 2.38. The molecule has 2 bridgehead atoms. The van der Waals surface area contributed by atoms with Gasteiger partial charge in [-0.3, -0.25) is 9.69 Å². The van der Waals surface area contributed by atoms with E-state index in [1.54, 1.807) is 23.5 Å². The number of ether oxygens (including phenoxy) is 1. The molecule has 0 radical (unpaired) electrons. The molecule has 3 aromatic rings. The number of carbonyl (C=O) groups is 1. The predicted octanol–water partition coefficient (Wildman–Crippen LogP) is 4.53. The van der Waals surface area contributed by atoms with Gasteiger partial charge in [-0.1, -0.05) is 17.7 Å². The Morgan fingerprint density at radius 1 is 1.29 bits per heavy atom. The van der Waals surface area contributed by atoms with Crippen LogP contribution in [-0.2, 0) is 22.5 Å². The number of fused-ring (bicyclic) bond motifs is 5. The molecule has 10 heteroatoms. The molecule has 182 valence electrons. The summed E-state index contributed by atoms with van der Waals surface area (Å²) in [4.78, 5) is 28.0. The Hall–Kier alpha value is -2.59. The SMILES string of the molecule is O=C(C=CCN1CC2CCC(C1)O2)N1CCc2c(sc3ncnc(Nc4ccc(F)c(Cl)c4)c23)C1. The highest BCUT2D eigenvalue weighted by atomic mass is 35.5. The first-order chi connectivity index (χ1) is 17.0. The van der Waals surface area contributed by atoms with Crippen LogP contribution in [0.15, 0.2) is 36.7 Å². The van der Waals surface area contributed by atoms with Gasteiger partial charge in [0.1, 0.15) is 22.8 Å². The number of nitrogens with zero attached hydrogens (tertiary/aromatic N) is 4. The van der Waals surface area contributed by atoms with Crippen LogP contribution < -0.4 is 5.32 Å². The molecule has 3 aliphatic rings. The third-order valence-corrected chi connectivity index (χ3v) is 8.29. The van der Waals surface area contributed by atoms with E-state index < -0.39 is 5.82 Å². The van der Waals surface area contributed by atoms with E-state index >= 15 is 0 Å². The van der Waals surface area contributed by atoms with Crippen LogP contribution in [0, 0.1) is 5.82 Å². The number of thiophene rings is 1. The summed E-state index contributed by atoms with van der Waals surface area (Å²) in [5, 5.41) is 4.26. The van der Waals surface area contributed by atoms with Crippen molar-refractivity contribution < 1.29 is 13.9 Å². The van der Waals surface area contributed by atoms with Crippen molar-refractivity contribution in [1.29, 1.82) is 0 Å². The number of nitrogens with one attached hydrogen (secondary N) is 1. The second kappa shape index (κ2) is 9.46. The number of aromatic nitrogens is 2. The third kappa shape index (κ3) is 4.65. The Kier molecular flexibility index (Phi) is 6.18. The summed E-state index contributed by atoms with van der Waals surface area (Å²) in [6.07, 6.45) is 8.94. The Bertz CT molecular complexity index is 1300. The molecule has 3 aliphatic heterocycles. The summed E-state index contributed by atoms with van der Waals surface area (Å²) < 4.78 is 19.4. The van der Waals surface area contributed by atoms with E-state index in [9.17, 15) is 9.18 Å². The van der Waals surface area contributed by atoms with Crippen LogP contribution in [0.3, 0.4) is 0 Å². The van der Waals surface area contributed by atoms with Crippen LogP contribution in [-0.4, -0.2) is 64.1 Å². The molecule has 2 aromatic heterocycles. The number of likely N-dealkylation sites (tertiary alicyclic amines) is 1. The Labute approximate surface area is 211 Å². The van der Waals surface area contributed by atoms with Crippen molar-refractivity contribution in [3.63, 3.8) is 0 Å². The maximum Gasteiger partial charge on any atom is 0.246 e. The molecule has 7 nitrogen and oxygen atoms in total. The van der Waals surface area contributed by atoms with E-state index in [1.807, 2.05) is 11.0 Å². The molecule has 6 rings (SSSR count). The summed E-state index contributed by atoms with van der Waals surface area (Å²) in [7, 11) is 0. The molecule has 2 atom stereocenters. The minimum Gasteiger partial charge on any atom is -0.372 e. The highest BCUT2D eigenvalue weighted by Gasteiger charge is 2.33. The Morgan fingerprint density at radius 3 is 2.91 bits per heavy atom. The lowest BCUT2D eigenvalue weighted by Crippen LogP contribution is -2.42. The van der Waals surface area contributed by atoms with Crippen molar-refractivity contribution in [2.75, 3.05) is 31.5 Å². The molecule has 2 unspecified atom stereocenters. The minimum absolute atomic E-state index is 0.0368. The molecular weight excluding hydrogens is 489 g/mol. The van der Waals surface area contributed by atoms with E-state index in [-0.39, 0.29) is 10.9 Å². The first kappa shape index (κ1) is 22.8. The van der Waals surface area contributed by atoms with E-state index in [1.165, 1.54) is 18.5 Å². The van der Waals surface area contributed by atoms with Gasteiger partial charge in [0.15, 0.2) is 0 Å². The van der Waals surface area contributed by atoms with Crippen molar-refractivity contribution in [3.05, 3.63) is 58.0 Å². The standard InChI is InChI=1S/C25H25ClFN5O2S/c26-19-10-15(3-6-20(19)27)30-24-23-18-7-9-32(13-21(18)35-25(23)29-14-28-24)22(33)2-1-8-31-11-16-4-5-17(12-31)34-16/h1-3,6,10,14,16-17H,4-5,7-9,11-13H2,(H,28,29,30). The van der Waals surface area contributed by atoms with E-state index in [0.717, 1.165) is 59.6 Å². The Balaban J connectivity index is 1.15. The lowest BCUT2D eigenvalue weighted by Gasteiger charge is -2.31. The van der Waals surface area contributed by atoms with E-state index in [2.05, 4.69) is 20.2 Å². The van der Waals surface area contributed by atoms with Gasteiger partial charge in [0.25, 0.3) is 0 Å². The van der Waals surface area contributed by atoms with Gasteiger partial charge in [-0.25, -0.2) is 14.4 Å². The van der Waals surface area contributed by atoms with Crippen LogP contribution in [0.1, 0.15) is 23.3 Å². The second-order valence-electron chi connectivity index (χ2n) is 9.25. The number of hydrogen-bond acceptors (Lipinski definition) is 7. The number of anilines is 2. The fourth-order valence-electron chi connectivity index (χ4n) is 5.18. The topological polar surface area (TPSA) is 70.6 Å². The molecule has 1 N–H and O–H groups in total. The maximum atomic E-state index is 13.5. The fraction of sp³-hybridized carbons (Fsp3) is 0.400. The molecule has 0 saturated carbocycles. The van der Waals surface area contributed by atoms with Gasteiger partial charge >= 0.3 is 0 Å². The summed E-state index contributed by atoms with van der Waals surface area (Å²) in [5.41, 5.74) is 1.82. The summed E-state index contributed by atoms with van der Waals surface area (Å²) in [6.45, 7) is 3.88. The molecule has 2 fully saturated rings. The second-order valence-corrected chi connectivity index (χ2v) is 10.7. The van der Waals surface area contributed by atoms with Gasteiger partial charge in [-0.05, 0) is 43.0 Å². The lowest BCUT2D eigenvalue weighted by atomic mass is 10.0. The van der Waals surface area contributed by atoms with Crippen molar-refractivity contribution in [3.8, 4) is 0 Å². The normalized spacial score (nSPS) is 22.2. The molecular formula is C25H25ClFN5O2S. The average molecular weight is 514 g/mol. The van der Waals surface area contributed by atoms with Crippen LogP contribution in [0.2, 0.25) is 5.02 Å². The number of benzene rings is 1. The molecule has 1 amide bonds. The third-order valence-electron chi connectivity index (χ3n) is 6.87. The first-order valence-corrected chi connectivity index (χ1v) is 13.0. The number of amides is 1. The molecule has 5 heterocycles. The fourth-order valence-corrected chi connectivity index (χ4v) is 6.56. The molecule has 35 heavy (non-hydrogen) atoms. The number of halogens is 2. The zero-order valence-corrected chi connectivity index (χ0v) is 20.6. The van der Waals surface area contributed by atoms with Crippen molar-refractivity contribution in [2.45, 2.75) is 38.0 Å². The van der Waals surface area contributed by atoms with Crippen LogP contribution in [0.25, 0.3) is 10.2 Å². The monoisotopic (exact) mass is 513 g/mol. The van der Waals surface area contributed by atoms with Gasteiger partial charge < -0.3 is 15.0 Å². The van der Waals surface area contributed by atoms with Gasteiger partial charge in [0.2, 0.25) is 5.91 Å². The van der Waals surface area contributed by atoms with Gasteiger partial charge in [0, 0.05) is 42.8 Å². The van der Waals surface area contributed by atoms with E-state index in [4.69, 9.17) is 16.3 Å². The van der Waals surface area contributed by atoms with Gasteiger partial charge in [0.05, 0.1) is 29.2 Å². The van der Waals surface area contributed by atoms with E-state index in [0.29, 0.717) is 36.8 Å². The van der Waals surface area contributed by atoms with Crippen LogP contribution in [0.5, 0.6) is 0 Å². The van der Waals surface area contributed by atoms with Crippen molar-refractivity contribution in [1.82, 2.24) is 19.8 Å². The Morgan fingerprint density at radius 2 is 2.11 bits per heavy atom. The predicted molar refractivity (Wildman–Crippen MR) is 135 cm³/mol. The summed E-state index contributed by atoms with van der Waals surface area (Å²) in [6, 6.07) is 4.49. The number of rotatable bonds is 5. The zero-order valence-electron chi connectivity index (χ0n) is 19.0. The van der Waals surface area contributed by atoms with Crippen molar-refractivity contribution in [2.24, 2.45) is 0 Å².